The van der Waals surface area contributed by atoms with Gasteiger partial charge < -0.3 is 20.4 Å². The molecule has 0 bridgehead atoms. The predicted octanol–water partition coefficient (Wildman–Crippen LogP) is 4.45. The first-order chi connectivity index (χ1) is 15.2. The van der Waals surface area contributed by atoms with E-state index in [0.717, 1.165) is 30.4 Å². The Morgan fingerprint density at radius 3 is 2.56 bits per heavy atom. The molecule has 0 unspecified atom stereocenters. The maximum Gasteiger partial charge on any atom is 0.0811 e. The van der Waals surface area contributed by atoms with Gasteiger partial charge in [0.05, 0.1) is 24.9 Å². The summed E-state index contributed by atoms with van der Waals surface area (Å²) in [5.74, 6) is 1.55. The zero-order chi connectivity index (χ0) is 23.1. The Labute approximate surface area is 193 Å². The van der Waals surface area contributed by atoms with Crippen molar-refractivity contribution >= 4 is 0 Å². The van der Waals surface area contributed by atoms with Crippen LogP contribution in [0.1, 0.15) is 71.6 Å². The molecule has 4 aliphatic carbocycles. The van der Waals surface area contributed by atoms with E-state index in [1.54, 1.807) is 0 Å². The summed E-state index contributed by atoms with van der Waals surface area (Å²) >= 11 is 0. The van der Waals surface area contributed by atoms with Gasteiger partial charge >= 0.3 is 0 Å². The van der Waals surface area contributed by atoms with Crippen molar-refractivity contribution < 1.29 is 20.4 Å². The molecule has 0 spiro atoms. The predicted molar refractivity (Wildman–Crippen MR) is 128 cm³/mol. The maximum absolute atomic E-state index is 10.5. The minimum Gasteiger partial charge on any atom is -0.396 e. The van der Waals surface area contributed by atoms with Crippen molar-refractivity contribution in [1.29, 1.82) is 0 Å². The van der Waals surface area contributed by atoms with Crippen molar-refractivity contribution in [3.05, 3.63) is 47.6 Å². The molecule has 4 nitrogen and oxygen atoms in total. The molecule has 0 amide bonds. The van der Waals surface area contributed by atoms with Gasteiger partial charge in [-0.2, -0.15) is 0 Å². The summed E-state index contributed by atoms with van der Waals surface area (Å²) < 4.78 is 0. The van der Waals surface area contributed by atoms with Crippen LogP contribution in [0.25, 0.3) is 0 Å². The largest absolute Gasteiger partial charge is 0.396 e. The normalized spacial score (nSPS) is 41.2. The third kappa shape index (κ3) is 4.44. The molecule has 4 fully saturated rings. The quantitative estimate of drug-likeness (QED) is 0.458. The van der Waals surface area contributed by atoms with Crippen LogP contribution < -0.4 is 0 Å². The minimum atomic E-state index is -0.639. The van der Waals surface area contributed by atoms with E-state index >= 15 is 0 Å². The highest BCUT2D eigenvalue weighted by Gasteiger charge is 2.51. The molecule has 4 heteroatoms. The molecule has 0 aromatic rings. The van der Waals surface area contributed by atoms with E-state index in [0.29, 0.717) is 30.6 Å². The molecule has 178 valence electrons. The number of allylic oxidation sites excluding steroid dienone is 4. The van der Waals surface area contributed by atoms with Gasteiger partial charge in [-0.1, -0.05) is 50.3 Å². The van der Waals surface area contributed by atoms with Crippen molar-refractivity contribution in [3.8, 4) is 0 Å². The van der Waals surface area contributed by atoms with E-state index < -0.39 is 18.3 Å². The lowest BCUT2D eigenvalue weighted by molar-refractivity contribution is 0.0820. The van der Waals surface area contributed by atoms with Crippen LogP contribution in [0.5, 0.6) is 0 Å². The van der Waals surface area contributed by atoms with Crippen molar-refractivity contribution in [1.82, 2.24) is 0 Å². The number of fused-ring (bicyclic) bond motifs is 1. The van der Waals surface area contributed by atoms with Gasteiger partial charge in [0.1, 0.15) is 0 Å². The summed E-state index contributed by atoms with van der Waals surface area (Å²) in [6.07, 6.45) is 15.6. The lowest BCUT2D eigenvalue weighted by Crippen LogP contribution is -2.35. The molecule has 0 heterocycles. The Bertz CT molecular complexity index is 804. The van der Waals surface area contributed by atoms with Gasteiger partial charge in [0, 0.05) is 11.8 Å². The zero-order valence-corrected chi connectivity index (χ0v) is 19.8. The van der Waals surface area contributed by atoms with Crippen LogP contribution in [-0.2, 0) is 0 Å². The Hall–Kier alpha value is -1.20. The van der Waals surface area contributed by atoms with Crippen LogP contribution in [0.15, 0.2) is 47.6 Å². The van der Waals surface area contributed by atoms with Gasteiger partial charge in [-0.05, 0) is 85.7 Å². The number of rotatable bonds is 6. The Morgan fingerprint density at radius 1 is 1.12 bits per heavy atom. The topological polar surface area (TPSA) is 80.9 Å². The first kappa shape index (κ1) is 23.9. The van der Waals surface area contributed by atoms with Gasteiger partial charge in [0.25, 0.3) is 0 Å². The fourth-order valence-electron chi connectivity index (χ4n) is 6.93. The first-order valence-electron chi connectivity index (χ1n) is 12.6. The van der Waals surface area contributed by atoms with E-state index in [9.17, 15) is 20.4 Å². The van der Waals surface area contributed by atoms with Gasteiger partial charge in [-0.15, -0.1) is 0 Å². The van der Waals surface area contributed by atoms with Crippen LogP contribution in [0.4, 0.5) is 0 Å². The van der Waals surface area contributed by atoms with Crippen molar-refractivity contribution in [3.63, 3.8) is 0 Å². The second kappa shape index (κ2) is 9.21. The summed E-state index contributed by atoms with van der Waals surface area (Å²) in [7, 11) is 0. The van der Waals surface area contributed by atoms with Gasteiger partial charge in [-0.3, -0.25) is 0 Å². The van der Waals surface area contributed by atoms with Gasteiger partial charge in [0.2, 0.25) is 0 Å². The fourth-order valence-corrected chi connectivity index (χ4v) is 6.93. The maximum atomic E-state index is 10.5. The molecule has 4 aliphatic rings. The SMILES string of the molecule is C=C1/C(=C\C=C2/CCC[C@]3(C)[C@@H]([C@H](C)/C=C/[C@H](O)C4(CO)CC4)CC[C@@H]23)C[C@@H](O)C[C@@H]1O. The average Bonchev–Trinajstić information content (AvgIpc) is 3.48. The second-order valence-corrected chi connectivity index (χ2v) is 11.4. The van der Waals surface area contributed by atoms with Gasteiger partial charge in [-0.25, -0.2) is 0 Å². The number of aliphatic hydroxyl groups is 4. The summed E-state index contributed by atoms with van der Waals surface area (Å²) in [4.78, 5) is 0. The van der Waals surface area contributed by atoms with E-state index in [2.05, 4.69) is 38.7 Å². The zero-order valence-electron chi connectivity index (χ0n) is 19.8. The third-order valence-electron chi connectivity index (χ3n) is 9.37. The number of aliphatic hydroxyl groups excluding tert-OH is 4. The highest BCUT2D eigenvalue weighted by atomic mass is 16.3. The molecule has 0 aromatic carbocycles. The Morgan fingerprint density at radius 2 is 1.88 bits per heavy atom. The lowest BCUT2D eigenvalue weighted by Gasteiger charge is -2.44. The Balaban J connectivity index is 1.47. The molecule has 0 radical (unpaired) electrons. The van der Waals surface area contributed by atoms with Crippen molar-refractivity contribution in [2.45, 2.75) is 89.9 Å². The summed E-state index contributed by atoms with van der Waals surface area (Å²) in [6, 6.07) is 0. The minimum absolute atomic E-state index is 0.0697. The molecule has 4 N–H and O–H groups in total. The van der Waals surface area contributed by atoms with Crippen LogP contribution in [0.3, 0.4) is 0 Å². The first-order valence-corrected chi connectivity index (χ1v) is 12.6. The van der Waals surface area contributed by atoms with E-state index in [1.165, 1.54) is 31.3 Å². The van der Waals surface area contributed by atoms with Crippen LogP contribution in [0, 0.1) is 28.6 Å². The van der Waals surface area contributed by atoms with Crippen LogP contribution in [-0.4, -0.2) is 45.3 Å². The summed E-state index contributed by atoms with van der Waals surface area (Å²) in [5.41, 5.74) is 3.22. The molecule has 4 saturated carbocycles. The monoisotopic (exact) mass is 442 g/mol. The molecule has 0 saturated heterocycles. The molecular formula is C28H42O4. The summed E-state index contributed by atoms with van der Waals surface area (Å²) in [5, 5.41) is 40.3. The smallest absolute Gasteiger partial charge is 0.0811 e. The molecule has 0 aliphatic heterocycles. The van der Waals surface area contributed by atoms with Crippen LogP contribution >= 0.6 is 0 Å². The highest BCUT2D eigenvalue weighted by molar-refractivity contribution is 5.38. The van der Waals surface area contributed by atoms with E-state index in [4.69, 9.17) is 0 Å². The lowest BCUT2D eigenvalue weighted by atomic mass is 9.61. The van der Waals surface area contributed by atoms with Crippen LogP contribution in [0.2, 0.25) is 0 Å². The van der Waals surface area contributed by atoms with Crippen molar-refractivity contribution in [2.75, 3.05) is 6.61 Å². The molecule has 4 rings (SSSR count). The van der Waals surface area contributed by atoms with Crippen molar-refractivity contribution in [2.24, 2.45) is 28.6 Å². The molecular weight excluding hydrogens is 400 g/mol. The van der Waals surface area contributed by atoms with E-state index in [-0.39, 0.29) is 17.4 Å². The molecule has 7 atom stereocenters. The summed E-state index contributed by atoms with van der Waals surface area (Å²) in [6.45, 7) is 8.86. The van der Waals surface area contributed by atoms with Gasteiger partial charge in [0.15, 0.2) is 0 Å². The number of hydrogen-bond acceptors (Lipinski definition) is 4. The molecule has 32 heavy (non-hydrogen) atoms. The Kier molecular flexibility index (Phi) is 6.89. The number of hydrogen-bond donors (Lipinski definition) is 4. The standard InChI is InChI=1S/C28H42O4/c1-18(6-11-26(32)28(17-29)13-14-28)23-9-10-24-20(5-4-12-27(23,24)3)7-8-21-15-22(30)16-25(31)19(21)2/h6-8,11,18,22-26,29-32H,2,4-5,9-10,12-17H2,1,3H3/b11-6+,20-7+,21-8-/t18-,22-,23-,24+,25+,26+,27-/m1/s1. The molecule has 0 aromatic heterocycles. The third-order valence-corrected chi connectivity index (χ3v) is 9.37. The van der Waals surface area contributed by atoms with E-state index in [1.807, 2.05) is 6.08 Å². The average molecular weight is 443 g/mol. The highest BCUT2D eigenvalue weighted by Crippen LogP contribution is 2.59. The second-order valence-electron chi connectivity index (χ2n) is 11.4. The fraction of sp³-hybridized carbons (Fsp3) is 0.714.